The molecule has 4 heteroatoms. The molecule has 0 spiro atoms. The van der Waals surface area contributed by atoms with Gasteiger partial charge in [0.15, 0.2) is 0 Å². The molecule has 0 aliphatic rings. The van der Waals surface area contributed by atoms with Crippen molar-refractivity contribution in [2.24, 2.45) is 0 Å². The van der Waals surface area contributed by atoms with Crippen LogP contribution in [0.5, 0.6) is 0 Å². The lowest BCUT2D eigenvalue weighted by Gasteiger charge is -2.29. The van der Waals surface area contributed by atoms with E-state index in [0.29, 0.717) is 6.54 Å². The number of hydrogen-bond donors (Lipinski definition) is 2. The van der Waals surface area contributed by atoms with E-state index in [0.717, 1.165) is 6.54 Å². The first-order valence-electron chi connectivity index (χ1n) is 6.94. The minimum atomic E-state index is -0.475. The number of carbonyl (C=O) groups is 1. The largest absolute Gasteiger partial charge is 0.444 e. The molecule has 0 aromatic heterocycles. The van der Waals surface area contributed by atoms with E-state index >= 15 is 0 Å². The minimum Gasteiger partial charge on any atom is -0.444 e. The number of carbonyl (C=O) groups excluding carboxylic acids is 1. The first-order valence-corrected chi connectivity index (χ1v) is 6.94. The lowest BCUT2D eigenvalue weighted by atomic mass is 10.1. The molecule has 1 amide bonds. The van der Waals surface area contributed by atoms with Crippen molar-refractivity contribution in [3.63, 3.8) is 0 Å². The predicted molar refractivity (Wildman–Crippen MR) is 81.6 cm³/mol. The van der Waals surface area contributed by atoms with Gasteiger partial charge < -0.3 is 15.4 Å². The van der Waals surface area contributed by atoms with Crippen LogP contribution < -0.4 is 10.6 Å². The molecule has 0 bridgehead atoms. The van der Waals surface area contributed by atoms with Gasteiger partial charge in [-0.15, -0.1) is 0 Å². The Bertz CT molecular complexity index is 422. The average molecular weight is 278 g/mol. The van der Waals surface area contributed by atoms with Gasteiger partial charge in [-0.1, -0.05) is 30.3 Å². The third-order valence-electron chi connectivity index (χ3n) is 2.58. The van der Waals surface area contributed by atoms with Gasteiger partial charge in [-0.05, 0) is 40.2 Å². The topological polar surface area (TPSA) is 50.4 Å². The Labute approximate surface area is 121 Å². The number of alkyl carbamates (subject to hydrolysis) is 1. The summed E-state index contributed by atoms with van der Waals surface area (Å²) in [7, 11) is 0. The number of hydrogen-bond acceptors (Lipinski definition) is 3. The highest BCUT2D eigenvalue weighted by atomic mass is 16.6. The van der Waals surface area contributed by atoms with Crippen LogP contribution in [0.1, 0.15) is 40.2 Å². The molecule has 0 radical (unpaired) electrons. The highest BCUT2D eigenvalue weighted by Crippen LogP contribution is 2.09. The van der Waals surface area contributed by atoms with Crippen LogP contribution in [-0.4, -0.2) is 23.8 Å². The molecule has 0 unspecified atom stereocenters. The second kappa shape index (κ2) is 6.75. The van der Waals surface area contributed by atoms with Crippen molar-refractivity contribution in [1.29, 1.82) is 0 Å². The lowest BCUT2D eigenvalue weighted by Crippen LogP contribution is -2.51. The van der Waals surface area contributed by atoms with E-state index in [1.807, 2.05) is 52.8 Å². The van der Waals surface area contributed by atoms with Crippen LogP contribution >= 0.6 is 0 Å². The van der Waals surface area contributed by atoms with Gasteiger partial charge >= 0.3 is 6.09 Å². The fraction of sp³-hybridized carbons (Fsp3) is 0.562. The molecule has 0 heterocycles. The Morgan fingerprint density at radius 2 is 1.70 bits per heavy atom. The van der Waals surface area contributed by atoms with Gasteiger partial charge in [0.05, 0.1) is 5.54 Å². The van der Waals surface area contributed by atoms with Crippen LogP contribution in [0.25, 0.3) is 0 Å². The fourth-order valence-corrected chi connectivity index (χ4v) is 1.74. The summed E-state index contributed by atoms with van der Waals surface area (Å²) >= 11 is 0. The summed E-state index contributed by atoms with van der Waals surface area (Å²) in [5.74, 6) is 0. The Hall–Kier alpha value is -1.55. The van der Waals surface area contributed by atoms with E-state index in [2.05, 4.69) is 22.8 Å². The Morgan fingerprint density at radius 3 is 2.25 bits per heavy atom. The fourth-order valence-electron chi connectivity index (χ4n) is 1.74. The number of benzene rings is 1. The van der Waals surface area contributed by atoms with Crippen LogP contribution in [-0.2, 0) is 11.3 Å². The van der Waals surface area contributed by atoms with Gasteiger partial charge in [0.25, 0.3) is 0 Å². The number of nitrogens with one attached hydrogen (secondary N) is 2. The van der Waals surface area contributed by atoms with E-state index in [-0.39, 0.29) is 11.6 Å². The molecular formula is C16H26N2O2. The zero-order valence-corrected chi connectivity index (χ0v) is 13.1. The normalized spacial score (nSPS) is 12.1. The smallest absolute Gasteiger partial charge is 0.408 e. The van der Waals surface area contributed by atoms with Crippen LogP contribution in [0, 0.1) is 0 Å². The molecule has 20 heavy (non-hydrogen) atoms. The van der Waals surface area contributed by atoms with E-state index in [1.54, 1.807) is 0 Å². The lowest BCUT2D eigenvalue weighted by molar-refractivity contribution is 0.0472. The van der Waals surface area contributed by atoms with Crippen molar-refractivity contribution in [1.82, 2.24) is 10.6 Å². The summed E-state index contributed by atoms with van der Waals surface area (Å²) < 4.78 is 5.26. The Morgan fingerprint density at radius 1 is 1.10 bits per heavy atom. The van der Waals surface area contributed by atoms with Gasteiger partial charge in [-0.2, -0.15) is 0 Å². The molecule has 0 aliphatic heterocycles. The van der Waals surface area contributed by atoms with Gasteiger partial charge in [0.2, 0.25) is 0 Å². The maximum Gasteiger partial charge on any atom is 0.408 e. The third kappa shape index (κ3) is 7.14. The Kier molecular flexibility index (Phi) is 5.57. The van der Waals surface area contributed by atoms with Crippen molar-refractivity contribution in [2.75, 3.05) is 6.54 Å². The van der Waals surface area contributed by atoms with E-state index < -0.39 is 5.60 Å². The van der Waals surface area contributed by atoms with Crippen molar-refractivity contribution < 1.29 is 9.53 Å². The summed E-state index contributed by atoms with van der Waals surface area (Å²) in [6.07, 6.45) is -0.385. The molecule has 2 N–H and O–H groups in total. The van der Waals surface area contributed by atoms with Gasteiger partial charge in [0.1, 0.15) is 5.60 Å². The zero-order chi connectivity index (χ0) is 15.2. The second-order valence-corrected chi connectivity index (χ2v) is 6.60. The molecule has 0 saturated carbocycles. The summed E-state index contributed by atoms with van der Waals surface area (Å²) in [6.45, 7) is 10.9. The third-order valence-corrected chi connectivity index (χ3v) is 2.58. The van der Waals surface area contributed by atoms with E-state index in [9.17, 15) is 4.79 Å². The first kappa shape index (κ1) is 16.5. The number of ether oxygens (including phenoxy) is 1. The maximum absolute atomic E-state index is 11.7. The molecule has 112 valence electrons. The van der Waals surface area contributed by atoms with Crippen LogP contribution in [0.2, 0.25) is 0 Å². The predicted octanol–water partition coefficient (Wildman–Crippen LogP) is 3.08. The van der Waals surface area contributed by atoms with E-state index in [4.69, 9.17) is 4.74 Å². The van der Waals surface area contributed by atoms with Gasteiger partial charge in [-0.25, -0.2) is 4.79 Å². The first-order chi connectivity index (χ1) is 9.18. The van der Waals surface area contributed by atoms with Crippen molar-refractivity contribution >= 4 is 6.09 Å². The average Bonchev–Trinajstić information content (AvgIpc) is 2.26. The second-order valence-electron chi connectivity index (χ2n) is 6.60. The van der Waals surface area contributed by atoms with E-state index in [1.165, 1.54) is 5.56 Å². The quantitative estimate of drug-likeness (QED) is 0.870. The molecule has 4 nitrogen and oxygen atoms in total. The highest BCUT2D eigenvalue weighted by molar-refractivity contribution is 5.68. The van der Waals surface area contributed by atoms with Crippen LogP contribution in [0.3, 0.4) is 0 Å². The number of rotatable bonds is 5. The molecule has 0 saturated heterocycles. The molecule has 0 atom stereocenters. The standard InChI is InChI=1S/C16H26N2O2/c1-15(2,3)20-14(19)18-16(4,5)12-17-11-13-9-7-6-8-10-13/h6-10,17H,11-12H2,1-5H3,(H,18,19). The molecular weight excluding hydrogens is 252 g/mol. The molecule has 1 aromatic rings. The SMILES string of the molecule is CC(C)(CNCc1ccccc1)NC(=O)OC(C)(C)C. The molecule has 0 aliphatic carbocycles. The maximum atomic E-state index is 11.7. The summed E-state index contributed by atoms with van der Waals surface area (Å²) in [5, 5.41) is 6.22. The number of amides is 1. The molecule has 1 rings (SSSR count). The van der Waals surface area contributed by atoms with Crippen molar-refractivity contribution in [2.45, 2.75) is 52.3 Å². The highest BCUT2D eigenvalue weighted by Gasteiger charge is 2.24. The monoisotopic (exact) mass is 278 g/mol. The summed E-state index contributed by atoms with van der Waals surface area (Å²) in [6, 6.07) is 10.2. The van der Waals surface area contributed by atoms with Gasteiger partial charge in [-0.3, -0.25) is 0 Å². The molecule has 1 aromatic carbocycles. The summed E-state index contributed by atoms with van der Waals surface area (Å²) in [5.41, 5.74) is 0.384. The molecule has 0 fully saturated rings. The summed E-state index contributed by atoms with van der Waals surface area (Å²) in [4.78, 5) is 11.7. The van der Waals surface area contributed by atoms with Crippen molar-refractivity contribution in [3.8, 4) is 0 Å². The Balaban J connectivity index is 2.36. The van der Waals surface area contributed by atoms with Crippen molar-refractivity contribution in [3.05, 3.63) is 35.9 Å². The van der Waals surface area contributed by atoms with Crippen LogP contribution in [0.4, 0.5) is 4.79 Å². The van der Waals surface area contributed by atoms with Gasteiger partial charge in [0, 0.05) is 13.1 Å². The zero-order valence-electron chi connectivity index (χ0n) is 13.1. The van der Waals surface area contributed by atoms with Crippen LogP contribution in [0.15, 0.2) is 30.3 Å². The minimum absolute atomic E-state index is 0.364.